The first-order valence-corrected chi connectivity index (χ1v) is 6.27. The maximum Gasteiger partial charge on any atom is 0.220 e. The molecule has 0 spiro atoms. The van der Waals surface area contributed by atoms with Crippen LogP contribution in [0.3, 0.4) is 0 Å². The van der Waals surface area contributed by atoms with Gasteiger partial charge >= 0.3 is 0 Å². The van der Waals surface area contributed by atoms with Gasteiger partial charge in [-0.3, -0.25) is 4.79 Å². The molecule has 16 heavy (non-hydrogen) atoms. The van der Waals surface area contributed by atoms with Crippen molar-refractivity contribution in [1.82, 2.24) is 10.6 Å². The third-order valence-corrected chi connectivity index (χ3v) is 2.82. The van der Waals surface area contributed by atoms with Crippen molar-refractivity contribution < 1.29 is 9.53 Å². The van der Waals surface area contributed by atoms with E-state index in [1.165, 1.54) is 6.42 Å². The Morgan fingerprint density at radius 3 is 3.00 bits per heavy atom. The quantitative estimate of drug-likeness (QED) is 0.637. The van der Waals surface area contributed by atoms with Crippen LogP contribution < -0.4 is 10.6 Å². The summed E-state index contributed by atoms with van der Waals surface area (Å²) >= 11 is 0. The molecular formula is C12H24N2O2. The topological polar surface area (TPSA) is 50.4 Å². The van der Waals surface area contributed by atoms with E-state index in [2.05, 4.69) is 10.6 Å². The summed E-state index contributed by atoms with van der Waals surface area (Å²) in [6.07, 6.45) is 3.10. The summed E-state index contributed by atoms with van der Waals surface area (Å²) < 4.78 is 5.35. The number of ether oxygens (including phenoxy) is 1. The molecular weight excluding hydrogens is 204 g/mol. The molecule has 94 valence electrons. The summed E-state index contributed by atoms with van der Waals surface area (Å²) in [5.41, 5.74) is 0. The Morgan fingerprint density at radius 1 is 1.56 bits per heavy atom. The summed E-state index contributed by atoms with van der Waals surface area (Å²) in [5, 5.41) is 6.19. The molecule has 1 saturated heterocycles. The predicted octanol–water partition coefficient (Wildman–Crippen LogP) is 0.917. The number of hydrogen-bond donors (Lipinski definition) is 2. The van der Waals surface area contributed by atoms with Gasteiger partial charge < -0.3 is 15.4 Å². The smallest absolute Gasteiger partial charge is 0.220 e. The molecule has 1 amide bonds. The molecule has 0 aromatic heterocycles. The van der Waals surface area contributed by atoms with Crippen LogP contribution >= 0.6 is 0 Å². The third-order valence-electron chi connectivity index (χ3n) is 2.82. The van der Waals surface area contributed by atoms with Gasteiger partial charge in [-0.2, -0.15) is 0 Å². The molecule has 0 aliphatic carbocycles. The van der Waals surface area contributed by atoms with E-state index < -0.39 is 0 Å². The van der Waals surface area contributed by atoms with Gasteiger partial charge in [-0.1, -0.05) is 0 Å². The molecule has 0 radical (unpaired) electrons. The van der Waals surface area contributed by atoms with Gasteiger partial charge in [-0.15, -0.1) is 0 Å². The highest BCUT2D eigenvalue weighted by molar-refractivity contribution is 5.75. The predicted molar refractivity (Wildman–Crippen MR) is 64.3 cm³/mol. The van der Waals surface area contributed by atoms with Crippen LogP contribution in [0.1, 0.15) is 33.1 Å². The molecule has 0 aromatic carbocycles. The largest absolute Gasteiger partial charge is 0.377 e. The molecule has 1 heterocycles. The van der Waals surface area contributed by atoms with Gasteiger partial charge in [-0.05, 0) is 45.7 Å². The maximum atomic E-state index is 11.5. The highest BCUT2D eigenvalue weighted by Crippen LogP contribution is 2.13. The molecule has 1 rings (SSSR count). The molecule has 4 heteroatoms. The Bertz CT molecular complexity index is 201. The average molecular weight is 228 g/mol. The Morgan fingerprint density at radius 2 is 2.38 bits per heavy atom. The lowest BCUT2D eigenvalue weighted by Crippen LogP contribution is -2.28. The van der Waals surface area contributed by atoms with Gasteiger partial charge in [0.1, 0.15) is 0 Å². The standard InChI is InChI=1S/C12H24N2O2/c1-10(2)16-8-7-14-12(15)4-3-11-5-6-13-9-11/h10-11,13H,3-9H2,1-2H3,(H,14,15). The number of hydrogen-bond acceptors (Lipinski definition) is 3. The van der Waals surface area contributed by atoms with Crippen molar-refractivity contribution in [2.75, 3.05) is 26.2 Å². The normalized spacial score (nSPS) is 20.3. The molecule has 1 aliphatic heterocycles. The van der Waals surface area contributed by atoms with Gasteiger partial charge in [0.05, 0.1) is 12.7 Å². The fourth-order valence-electron chi connectivity index (χ4n) is 1.87. The van der Waals surface area contributed by atoms with Gasteiger partial charge in [0.2, 0.25) is 5.91 Å². The van der Waals surface area contributed by atoms with Crippen LogP contribution in [0, 0.1) is 5.92 Å². The summed E-state index contributed by atoms with van der Waals surface area (Å²) in [6.45, 7) is 7.40. The van der Waals surface area contributed by atoms with Crippen LogP contribution in [-0.2, 0) is 9.53 Å². The number of rotatable bonds is 7. The van der Waals surface area contributed by atoms with Gasteiger partial charge in [0.15, 0.2) is 0 Å². The van der Waals surface area contributed by atoms with Crippen molar-refractivity contribution in [3.05, 3.63) is 0 Å². The van der Waals surface area contributed by atoms with E-state index in [0.717, 1.165) is 19.5 Å². The number of carbonyl (C=O) groups is 1. The van der Waals surface area contributed by atoms with Crippen molar-refractivity contribution in [3.63, 3.8) is 0 Å². The van der Waals surface area contributed by atoms with Crippen LogP contribution in [0.2, 0.25) is 0 Å². The monoisotopic (exact) mass is 228 g/mol. The van der Waals surface area contributed by atoms with Crippen molar-refractivity contribution >= 4 is 5.91 Å². The van der Waals surface area contributed by atoms with Crippen LogP contribution in [0.5, 0.6) is 0 Å². The first-order valence-electron chi connectivity index (χ1n) is 6.27. The lowest BCUT2D eigenvalue weighted by atomic mass is 10.0. The molecule has 1 unspecified atom stereocenters. The molecule has 1 atom stereocenters. The van der Waals surface area contributed by atoms with Crippen LogP contribution in [0.4, 0.5) is 0 Å². The minimum absolute atomic E-state index is 0.152. The second-order valence-corrected chi connectivity index (χ2v) is 4.67. The highest BCUT2D eigenvalue weighted by atomic mass is 16.5. The van der Waals surface area contributed by atoms with E-state index in [1.54, 1.807) is 0 Å². The Labute approximate surface area is 98.1 Å². The summed E-state index contributed by atoms with van der Waals surface area (Å²) in [4.78, 5) is 11.5. The maximum absolute atomic E-state index is 11.5. The number of amides is 1. The fraction of sp³-hybridized carbons (Fsp3) is 0.917. The first-order chi connectivity index (χ1) is 7.68. The van der Waals surface area contributed by atoms with E-state index in [1.807, 2.05) is 13.8 Å². The van der Waals surface area contributed by atoms with Gasteiger partial charge in [0, 0.05) is 13.0 Å². The number of nitrogens with one attached hydrogen (secondary N) is 2. The second kappa shape index (κ2) is 7.63. The summed E-state index contributed by atoms with van der Waals surface area (Å²) in [6, 6.07) is 0. The Balaban J connectivity index is 1.94. The molecule has 1 fully saturated rings. The summed E-state index contributed by atoms with van der Waals surface area (Å²) in [7, 11) is 0. The summed E-state index contributed by atoms with van der Waals surface area (Å²) in [5.74, 6) is 0.844. The van der Waals surface area contributed by atoms with E-state index in [-0.39, 0.29) is 12.0 Å². The molecule has 1 aliphatic rings. The van der Waals surface area contributed by atoms with E-state index >= 15 is 0 Å². The van der Waals surface area contributed by atoms with E-state index in [4.69, 9.17) is 4.74 Å². The first kappa shape index (κ1) is 13.5. The van der Waals surface area contributed by atoms with Crippen molar-refractivity contribution in [2.24, 2.45) is 5.92 Å². The average Bonchev–Trinajstić information content (AvgIpc) is 2.74. The van der Waals surface area contributed by atoms with Crippen molar-refractivity contribution in [2.45, 2.75) is 39.2 Å². The SMILES string of the molecule is CC(C)OCCNC(=O)CCC1CCNC1. The zero-order chi connectivity index (χ0) is 11.8. The number of carbonyl (C=O) groups excluding carboxylic acids is 1. The minimum Gasteiger partial charge on any atom is -0.377 e. The van der Waals surface area contributed by atoms with Crippen LogP contribution in [-0.4, -0.2) is 38.3 Å². The molecule has 0 saturated carbocycles. The van der Waals surface area contributed by atoms with Crippen molar-refractivity contribution in [1.29, 1.82) is 0 Å². The van der Waals surface area contributed by atoms with Crippen LogP contribution in [0.15, 0.2) is 0 Å². The van der Waals surface area contributed by atoms with Crippen molar-refractivity contribution in [3.8, 4) is 0 Å². The lowest BCUT2D eigenvalue weighted by molar-refractivity contribution is -0.121. The molecule has 2 N–H and O–H groups in total. The van der Waals surface area contributed by atoms with Crippen LogP contribution in [0.25, 0.3) is 0 Å². The highest BCUT2D eigenvalue weighted by Gasteiger charge is 2.15. The minimum atomic E-state index is 0.152. The van der Waals surface area contributed by atoms with Gasteiger partial charge in [0.25, 0.3) is 0 Å². The zero-order valence-electron chi connectivity index (χ0n) is 10.4. The van der Waals surface area contributed by atoms with E-state index in [9.17, 15) is 4.79 Å². The van der Waals surface area contributed by atoms with E-state index in [0.29, 0.717) is 25.5 Å². The molecule has 0 bridgehead atoms. The Kier molecular flexibility index (Phi) is 6.42. The second-order valence-electron chi connectivity index (χ2n) is 4.67. The molecule has 0 aromatic rings. The fourth-order valence-corrected chi connectivity index (χ4v) is 1.87. The lowest BCUT2D eigenvalue weighted by Gasteiger charge is -2.10. The Hall–Kier alpha value is -0.610. The zero-order valence-corrected chi connectivity index (χ0v) is 10.4. The van der Waals surface area contributed by atoms with Gasteiger partial charge in [-0.25, -0.2) is 0 Å². The molecule has 4 nitrogen and oxygen atoms in total. The third kappa shape index (κ3) is 6.08.